The molecule has 1 N–H and O–H groups in total. The maximum Gasteiger partial charge on any atom is 0.422 e. The van der Waals surface area contributed by atoms with Crippen molar-refractivity contribution >= 4 is 22.4 Å². The number of pyridine rings is 1. The Labute approximate surface area is 191 Å². The Kier molecular flexibility index (Phi) is 6.41. The number of benzene rings is 2. The van der Waals surface area contributed by atoms with Crippen molar-refractivity contribution in [1.82, 2.24) is 9.97 Å². The molecule has 9 heteroatoms. The van der Waals surface area contributed by atoms with Crippen LogP contribution in [0.5, 0.6) is 5.75 Å². The van der Waals surface area contributed by atoms with Crippen LogP contribution in [0.25, 0.3) is 21.8 Å². The predicted octanol–water partition coefficient (Wildman–Crippen LogP) is 6.37. The molecule has 0 atom stereocenters. The van der Waals surface area contributed by atoms with Gasteiger partial charge in [0.1, 0.15) is 5.75 Å². The molecule has 0 saturated carbocycles. The minimum Gasteiger partial charge on any atom is -0.484 e. The Bertz CT molecular complexity index is 1260. The lowest BCUT2D eigenvalue weighted by molar-refractivity contribution is -0.153. The van der Waals surface area contributed by atoms with Crippen LogP contribution in [-0.2, 0) is 0 Å². The van der Waals surface area contributed by atoms with Crippen LogP contribution in [0.2, 0.25) is 0 Å². The average Bonchev–Trinajstić information content (AvgIpc) is 3.22. The number of ether oxygens (including phenoxy) is 1. The highest BCUT2D eigenvalue weighted by Gasteiger charge is 2.29. The maximum atomic E-state index is 12.7. The third-order valence-corrected chi connectivity index (χ3v) is 5.67. The fraction of sp³-hybridized carbons (Fsp3) is 0.125. The predicted molar refractivity (Wildman–Crippen MR) is 121 cm³/mol. The number of nitrogens with zero attached hydrogens (tertiary/aromatic N) is 2. The van der Waals surface area contributed by atoms with Crippen molar-refractivity contribution in [3.8, 4) is 27.6 Å². The monoisotopic (exact) mass is 469 g/mol. The smallest absolute Gasteiger partial charge is 0.422 e. The van der Waals surface area contributed by atoms with E-state index in [1.807, 2.05) is 36.4 Å². The molecule has 2 aromatic carbocycles. The summed E-state index contributed by atoms with van der Waals surface area (Å²) in [5.74, 6) is -0.234. The van der Waals surface area contributed by atoms with E-state index in [1.54, 1.807) is 31.2 Å². The molecule has 0 bridgehead atoms. The van der Waals surface area contributed by atoms with E-state index in [1.165, 1.54) is 23.6 Å². The van der Waals surface area contributed by atoms with Gasteiger partial charge in [-0.15, -0.1) is 0 Å². The zero-order chi connectivity index (χ0) is 23.4. The van der Waals surface area contributed by atoms with Gasteiger partial charge >= 0.3 is 6.18 Å². The lowest BCUT2D eigenvalue weighted by Gasteiger charge is -2.13. The van der Waals surface area contributed by atoms with Crippen LogP contribution < -0.4 is 10.1 Å². The van der Waals surface area contributed by atoms with E-state index >= 15 is 0 Å². The fourth-order valence-electron chi connectivity index (χ4n) is 3.15. The SMILES string of the molecule is Cc1c(OCC(F)(F)F)ccnc1-c1sc(NC(=O)c2ccccc2)nc1-c1ccccc1. The van der Waals surface area contributed by atoms with Crippen molar-refractivity contribution in [2.45, 2.75) is 13.1 Å². The summed E-state index contributed by atoms with van der Waals surface area (Å²) >= 11 is 1.19. The van der Waals surface area contributed by atoms with Gasteiger partial charge in [0, 0.05) is 22.9 Å². The third kappa shape index (κ3) is 5.38. The van der Waals surface area contributed by atoms with E-state index in [9.17, 15) is 18.0 Å². The van der Waals surface area contributed by atoms with Crippen LogP contribution in [0.3, 0.4) is 0 Å². The van der Waals surface area contributed by atoms with Crippen molar-refractivity contribution in [3.05, 3.63) is 84.1 Å². The van der Waals surface area contributed by atoms with E-state index in [-0.39, 0.29) is 11.7 Å². The highest BCUT2D eigenvalue weighted by Crippen LogP contribution is 2.41. The number of nitrogens with one attached hydrogen (secondary N) is 1. The van der Waals surface area contributed by atoms with Crippen LogP contribution in [0.4, 0.5) is 18.3 Å². The summed E-state index contributed by atoms with van der Waals surface area (Å²) < 4.78 is 43.0. The van der Waals surface area contributed by atoms with Crippen molar-refractivity contribution < 1.29 is 22.7 Å². The Balaban J connectivity index is 1.74. The fourth-order valence-corrected chi connectivity index (χ4v) is 4.18. The second kappa shape index (κ2) is 9.41. The number of thiazole rings is 1. The molecule has 33 heavy (non-hydrogen) atoms. The van der Waals surface area contributed by atoms with Crippen LogP contribution in [-0.4, -0.2) is 28.7 Å². The van der Waals surface area contributed by atoms with Gasteiger partial charge in [-0.05, 0) is 25.1 Å². The zero-order valence-corrected chi connectivity index (χ0v) is 18.2. The molecular formula is C24H18F3N3O2S. The number of amides is 1. The first kappa shape index (κ1) is 22.5. The summed E-state index contributed by atoms with van der Waals surface area (Å²) in [6, 6.07) is 19.4. The first-order chi connectivity index (χ1) is 15.8. The summed E-state index contributed by atoms with van der Waals surface area (Å²) in [6.07, 6.45) is -3.06. The number of carbonyl (C=O) groups is 1. The summed E-state index contributed by atoms with van der Waals surface area (Å²) in [4.78, 5) is 22.2. The molecule has 0 aliphatic carbocycles. The lowest BCUT2D eigenvalue weighted by atomic mass is 10.1. The van der Waals surface area contributed by atoms with Gasteiger partial charge in [0.15, 0.2) is 11.7 Å². The van der Waals surface area contributed by atoms with Gasteiger partial charge in [0.2, 0.25) is 0 Å². The average molecular weight is 469 g/mol. The highest BCUT2D eigenvalue weighted by molar-refractivity contribution is 7.19. The number of hydrogen-bond acceptors (Lipinski definition) is 5. The van der Waals surface area contributed by atoms with E-state index in [0.717, 1.165) is 5.56 Å². The molecule has 0 radical (unpaired) electrons. The molecule has 0 fully saturated rings. The molecule has 2 heterocycles. The quantitative estimate of drug-likeness (QED) is 0.356. The molecular weight excluding hydrogens is 451 g/mol. The Morgan fingerprint density at radius 3 is 2.33 bits per heavy atom. The molecule has 168 valence electrons. The molecule has 4 rings (SSSR count). The minimum atomic E-state index is -4.45. The molecule has 1 amide bonds. The number of anilines is 1. The molecule has 0 aliphatic heterocycles. The highest BCUT2D eigenvalue weighted by atomic mass is 32.1. The largest absolute Gasteiger partial charge is 0.484 e. The molecule has 0 saturated heterocycles. The maximum absolute atomic E-state index is 12.7. The summed E-state index contributed by atoms with van der Waals surface area (Å²) in [5.41, 5.74) is 2.71. The van der Waals surface area contributed by atoms with Gasteiger partial charge in [-0.25, -0.2) is 4.98 Å². The first-order valence-corrected chi connectivity index (χ1v) is 10.7. The number of aromatic nitrogens is 2. The van der Waals surface area contributed by atoms with Crippen molar-refractivity contribution in [1.29, 1.82) is 0 Å². The topological polar surface area (TPSA) is 64.1 Å². The summed E-state index contributed by atoms with van der Waals surface area (Å²) in [5, 5.41) is 3.15. The third-order valence-electron chi connectivity index (χ3n) is 4.69. The Morgan fingerprint density at radius 1 is 1.00 bits per heavy atom. The second-order valence-corrected chi connectivity index (χ2v) is 8.07. The molecule has 4 aromatic rings. The number of rotatable bonds is 6. The van der Waals surface area contributed by atoms with Gasteiger partial charge in [-0.3, -0.25) is 15.1 Å². The van der Waals surface area contributed by atoms with Crippen molar-refractivity contribution in [2.24, 2.45) is 0 Å². The first-order valence-electron chi connectivity index (χ1n) is 9.90. The minimum absolute atomic E-state index is 0.0830. The Morgan fingerprint density at radius 2 is 1.67 bits per heavy atom. The van der Waals surface area contributed by atoms with Gasteiger partial charge in [0.25, 0.3) is 5.91 Å². The molecule has 0 unspecified atom stereocenters. The molecule has 0 aliphatic rings. The van der Waals surface area contributed by atoms with E-state index in [2.05, 4.69) is 15.3 Å². The molecule has 5 nitrogen and oxygen atoms in total. The van der Waals surface area contributed by atoms with E-state index in [0.29, 0.717) is 32.5 Å². The van der Waals surface area contributed by atoms with Crippen LogP contribution in [0.15, 0.2) is 72.9 Å². The van der Waals surface area contributed by atoms with Gasteiger partial charge in [-0.2, -0.15) is 13.2 Å². The number of hydrogen-bond donors (Lipinski definition) is 1. The van der Waals surface area contributed by atoms with Crippen molar-refractivity contribution in [3.63, 3.8) is 0 Å². The van der Waals surface area contributed by atoms with E-state index in [4.69, 9.17) is 4.74 Å². The van der Waals surface area contributed by atoms with Gasteiger partial charge < -0.3 is 4.74 Å². The van der Waals surface area contributed by atoms with Crippen molar-refractivity contribution in [2.75, 3.05) is 11.9 Å². The van der Waals surface area contributed by atoms with Gasteiger partial charge in [-0.1, -0.05) is 59.9 Å². The normalized spacial score (nSPS) is 11.3. The van der Waals surface area contributed by atoms with E-state index < -0.39 is 12.8 Å². The second-order valence-electron chi connectivity index (χ2n) is 7.07. The number of alkyl halides is 3. The van der Waals surface area contributed by atoms with Crippen LogP contribution in [0, 0.1) is 6.92 Å². The zero-order valence-electron chi connectivity index (χ0n) is 17.4. The lowest BCUT2D eigenvalue weighted by Crippen LogP contribution is -2.19. The van der Waals surface area contributed by atoms with Gasteiger partial charge in [0.05, 0.1) is 16.3 Å². The molecule has 0 spiro atoms. The number of halogens is 3. The van der Waals surface area contributed by atoms with Crippen LogP contribution in [0.1, 0.15) is 15.9 Å². The Hall–Kier alpha value is -3.72. The number of carbonyl (C=O) groups excluding carboxylic acids is 1. The standard InChI is InChI=1S/C24H18F3N3O2S/c1-15-18(32-14-24(25,26)27)12-13-28-19(15)21-20(16-8-4-2-5-9-16)29-23(33-21)30-22(31)17-10-6-3-7-11-17/h2-13H,14H2,1H3,(H,29,30,31). The van der Waals surface area contributed by atoms with Crippen LogP contribution >= 0.6 is 11.3 Å². The molecule has 2 aromatic heterocycles. The summed E-state index contributed by atoms with van der Waals surface area (Å²) in [7, 11) is 0. The summed E-state index contributed by atoms with van der Waals surface area (Å²) in [6.45, 7) is 0.245.